The minimum atomic E-state index is -0.326. The van der Waals surface area contributed by atoms with Gasteiger partial charge in [-0.1, -0.05) is 18.2 Å². The van der Waals surface area contributed by atoms with E-state index in [0.717, 1.165) is 35.5 Å². The molecule has 140 valence electrons. The van der Waals surface area contributed by atoms with Gasteiger partial charge in [-0.25, -0.2) is 9.78 Å². The number of para-hydroxylation sites is 1. The van der Waals surface area contributed by atoms with Crippen molar-refractivity contribution in [2.75, 3.05) is 5.32 Å². The number of fused-ring (bicyclic) bond motifs is 1. The van der Waals surface area contributed by atoms with Crippen molar-refractivity contribution in [1.29, 1.82) is 0 Å². The predicted octanol–water partition coefficient (Wildman–Crippen LogP) is 3.61. The average Bonchev–Trinajstić information content (AvgIpc) is 3.31. The van der Waals surface area contributed by atoms with Gasteiger partial charge in [0.15, 0.2) is 17.3 Å². The Hall–Kier alpha value is -3.68. The Morgan fingerprint density at radius 3 is 2.86 bits per heavy atom. The Balaban J connectivity index is 1.24. The summed E-state index contributed by atoms with van der Waals surface area (Å²) in [5.74, 6) is 1.88. The second-order valence-corrected chi connectivity index (χ2v) is 6.77. The van der Waals surface area contributed by atoms with E-state index in [-0.39, 0.29) is 12.6 Å². The number of oxazole rings is 1. The smallest absolute Gasteiger partial charge is 0.319 e. The van der Waals surface area contributed by atoms with Gasteiger partial charge in [-0.3, -0.25) is 4.57 Å². The molecular weight excluding hydrogens is 356 g/mol. The van der Waals surface area contributed by atoms with E-state index in [1.54, 1.807) is 12.4 Å². The molecule has 2 aromatic heterocycles. The molecule has 8 nitrogen and oxygen atoms in total. The maximum absolute atomic E-state index is 12.3. The maximum atomic E-state index is 12.3. The monoisotopic (exact) mass is 374 g/mol. The Bertz CT molecular complexity index is 1130. The third-order valence-electron chi connectivity index (χ3n) is 4.65. The van der Waals surface area contributed by atoms with Crippen molar-refractivity contribution >= 4 is 22.8 Å². The highest BCUT2D eigenvalue weighted by molar-refractivity contribution is 5.91. The highest BCUT2D eigenvalue weighted by Crippen LogP contribution is 2.40. The van der Waals surface area contributed by atoms with Crippen molar-refractivity contribution < 1.29 is 9.21 Å². The van der Waals surface area contributed by atoms with Crippen LogP contribution in [0, 0.1) is 0 Å². The van der Waals surface area contributed by atoms with Gasteiger partial charge in [0.2, 0.25) is 0 Å². The van der Waals surface area contributed by atoms with E-state index in [0.29, 0.717) is 17.4 Å². The Labute approximate surface area is 160 Å². The number of rotatable bonds is 5. The van der Waals surface area contributed by atoms with Gasteiger partial charge >= 0.3 is 6.03 Å². The lowest BCUT2D eigenvalue weighted by molar-refractivity contribution is 0.251. The van der Waals surface area contributed by atoms with Crippen molar-refractivity contribution in [2.45, 2.75) is 25.3 Å². The van der Waals surface area contributed by atoms with Crippen LogP contribution in [0.3, 0.4) is 0 Å². The lowest BCUT2D eigenvalue weighted by Crippen LogP contribution is -2.29. The number of amides is 2. The third kappa shape index (κ3) is 3.32. The van der Waals surface area contributed by atoms with Crippen molar-refractivity contribution in [3.63, 3.8) is 0 Å². The van der Waals surface area contributed by atoms with Crippen LogP contribution in [0.25, 0.3) is 16.8 Å². The van der Waals surface area contributed by atoms with Crippen LogP contribution in [-0.4, -0.2) is 25.8 Å². The molecule has 2 amide bonds. The quantitative estimate of drug-likeness (QED) is 0.556. The van der Waals surface area contributed by atoms with Crippen molar-refractivity contribution in [1.82, 2.24) is 25.1 Å². The highest BCUT2D eigenvalue weighted by Gasteiger charge is 2.28. The molecule has 0 bridgehead atoms. The number of nitrogens with zero attached hydrogens (tertiary/aromatic N) is 4. The summed E-state index contributed by atoms with van der Waals surface area (Å²) < 4.78 is 7.58. The van der Waals surface area contributed by atoms with Crippen LogP contribution in [0.5, 0.6) is 0 Å². The van der Waals surface area contributed by atoms with Crippen molar-refractivity contribution in [3.8, 4) is 5.69 Å². The first-order valence-corrected chi connectivity index (χ1v) is 9.16. The zero-order chi connectivity index (χ0) is 18.9. The van der Waals surface area contributed by atoms with Crippen LogP contribution in [0.2, 0.25) is 0 Å². The molecule has 0 saturated heterocycles. The fourth-order valence-corrected chi connectivity index (χ4v) is 3.05. The lowest BCUT2D eigenvalue weighted by atomic mass is 10.3. The SMILES string of the molecule is O=C(NCc1nncn1-c1ccccc1)Nc1ccc2oc(C3CC3)nc2c1. The summed E-state index contributed by atoms with van der Waals surface area (Å²) in [6.07, 6.45) is 3.89. The number of hydrogen-bond acceptors (Lipinski definition) is 5. The van der Waals surface area contributed by atoms with E-state index in [2.05, 4.69) is 25.8 Å². The van der Waals surface area contributed by atoms with Crippen LogP contribution < -0.4 is 10.6 Å². The zero-order valence-corrected chi connectivity index (χ0v) is 15.0. The molecule has 5 rings (SSSR count). The molecule has 1 aliphatic carbocycles. The molecule has 2 aromatic carbocycles. The summed E-state index contributed by atoms with van der Waals surface area (Å²) >= 11 is 0. The average molecular weight is 374 g/mol. The molecule has 2 N–H and O–H groups in total. The molecule has 8 heteroatoms. The van der Waals surface area contributed by atoms with Gasteiger partial charge in [0.05, 0.1) is 6.54 Å². The first-order valence-electron chi connectivity index (χ1n) is 9.16. The van der Waals surface area contributed by atoms with E-state index in [4.69, 9.17) is 4.42 Å². The van der Waals surface area contributed by atoms with E-state index >= 15 is 0 Å². The minimum Gasteiger partial charge on any atom is -0.440 e. The molecular formula is C20H18N6O2. The Morgan fingerprint density at radius 1 is 1.18 bits per heavy atom. The minimum absolute atomic E-state index is 0.249. The predicted molar refractivity (Wildman–Crippen MR) is 103 cm³/mol. The third-order valence-corrected chi connectivity index (χ3v) is 4.65. The number of nitrogens with one attached hydrogen (secondary N) is 2. The standard InChI is InChI=1S/C20H18N6O2/c27-20(21-11-18-25-22-12-26(18)15-4-2-1-3-5-15)23-14-8-9-17-16(10-14)24-19(28-17)13-6-7-13/h1-5,8-10,12-13H,6-7,11H2,(H2,21,23,27). The number of urea groups is 1. The van der Waals surface area contributed by atoms with Crippen LogP contribution in [-0.2, 0) is 6.54 Å². The number of benzene rings is 2. The van der Waals surface area contributed by atoms with Gasteiger partial charge in [0, 0.05) is 17.3 Å². The Kier molecular flexibility index (Phi) is 4.01. The molecule has 1 fully saturated rings. The summed E-state index contributed by atoms with van der Waals surface area (Å²) in [6, 6.07) is 14.8. The number of carbonyl (C=O) groups excluding carboxylic acids is 1. The van der Waals surface area contributed by atoms with E-state index in [1.807, 2.05) is 47.0 Å². The van der Waals surface area contributed by atoms with Gasteiger partial charge in [0.1, 0.15) is 11.8 Å². The highest BCUT2D eigenvalue weighted by atomic mass is 16.3. The summed E-state index contributed by atoms with van der Waals surface area (Å²) in [5.41, 5.74) is 3.09. The van der Waals surface area contributed by atoms with Gasteiger partial charge < -0.3 is 15.1 Å². The second-order valence-electron chi connectivity index (χ2n) is 6.77. The lowest BCUT2D eigenvalue weighted by Gasteiger charge is -2.09. The molecule has 0 atom stereocenters. The normalized spacial score (nSPS) is 13.6. The fraction of sp³-hybridized carbons (Fsp3) is 0.200. The summed E-state index contributed by atoms with van der Waals surface area (Å²) in [6.45, 7) is 0.249. The molecule has 1 aliphatic rings. The summed E-state index contributed by atoms with van der Waals surface area (Å²) in [5, 5.41) is 13.7. The van der Waals surface area contributed by atoms with Crippen LogP contribution >= 0.6 is 0 Å². The van der Waals surface area contributed by atoms with Gasteiger partial charge in [0.25, 0.3) is 0 Å². The van der Waals surface area contributed by atoms with Crippen molar-refractivity contribution in [2.24, 2.45) is 0 Å². The summed E-state index contributed by atoms with van der Waals surface area (Å²) in [7, 11) is 0. The fourth-order valence-electron chi connectivity index (χ4n) is 3.05. The van der Waals surface area contributed by atoms with E-state index in [1.165, 1.54) is 0 Å². The molecule has 0 radical (unpaired) electrons. The first kappa shape index (κ1) is 16.5. The second kappa shape index (κ2) is 6.80. The van der Waals surface area contributed by atoms with Crippen LogP contribution in [0.15, 0.2) is 59.3 Å². The van der Waals surface area contributed by atoms with Gasteiger partial charge in [-0.05, 0) is 43.2 Å². The molecule has 0 aliphatic heterocycles. The van der Waals surface area contributed by atoms with E-state index < -0.39 is 0 Å². The number of aromatic nitrogens is 4. The van der Waals surface area contributed by atoms with Crippen LogP contribution in [0.4, 0.5) is 10.5 Å². The number of carbonyl (C=O) groups is 1. The molecule has 0 unspecified atom stereocenters. The van der Waals surface area contributed by atoms with Crippen molar-refractivity contribution in [3.05, 3.63) is 66.6 Å². The summed E-state index contributed by atoms with van der Waals surface area (Å²) in [4.78, 5) is 16.8. The molecule has 4 aromatic rings. The maximum Gasteiger partial charge on any atom is 0.319 e. The topological polar surface area (TPSA) is 97.9 Å². The largest absolute Gasteiger partial charge is 0.440 e. The van der Waals surface area contributed by atoms with E-state index in [9.17, 15) is 4.79 Å². The molecule has 2 heterocycles. The Morgan fingerprint density at radius 2 is 2.04 bits per heavy atom. The van der Waals surface area contributed by atoms with Crippen LogP contribution in [0.1, 0.15) is 30.5 Å². The van der Waals surface area contributed by atoms with Gasteiger partial charge in [-0.2, -0.15) is 0 Å². The molecule has 28 heavy (non-hydrogen) atoms. The number of anilines is 1. The zero-order valence-electron chi connectivity index (χ0n) is 15.0. The van der Waals surface area contributed by atoms with Gasteiger partial charge in [-0.15, -0.1) is 10.2 Å². The molecule has 0 spiro atoms. The first-order chi connectivity index (χ1) is 13.8. The molecule has 1 saturated carbocycles. The number of hydrogen-bond donors (Lipinski definition) is 2.